The van der Waals surface area contributed by atoms with E-state index in [0.717, 1.165) is 11.3 Å². The van der Waals surface area contributed by atoms with E-state index in [-0.39, 0.29) is 12.5 Å². The van der Waals surface area contributed by atoms with Crippen LogP contribution in [-0.4, -0.2) is 36.1 Å². The van der Waals surface area contributed by atoms with Crippen LogP contribution in [0.15, 0.2) is 48.5 Å². The summed E-state index contributed by atoms with van der Waals surface area (Å²) in [5.74, 6) is 0.561. The molecule has 0 fully saturated rings. The molecule has 2 aromatic rings. The number of hydrogen-bond donors (Lipinski definition) is 2. The predicted molar refractivity (Wildman–Crippen MR) is 106 cm³/mol. The monoisotopic (exact) mass is 357 g/mol. The van der Waals surface area contributed by atoms with Crippen LogP contribution in [0.4, 0.5) is 11.4 Å². The van der Waals surface area contributed by atoms with Crippen LogP contribution in [0, 0.1) is 6.92 Å². The Kier molecular flexibility index (Phi) is 6.77. The van der Waals surface area contributed by atoms with Crippen LogP contribution in [0.5, 0.6) is 5.75 Å². The van der Waals surface area contributed by atoms with Crippen molar-refractivity contribution in [3.63, 3.8) is 0 Å². The first-order valence-electron chi connectivity index (χ1n) is 8.09. The minimum absolute atomic E-state index is 0.135. The molecule has 0 atom stereocenters. The van der Waals surface area contributed by atoms with Gasteiger partial charge in [-0.3, -0.25) is 4.79 Å². The number of aryl methyl sites for hydroxylation is 1. The summed E-state index contributed by atoms with van der Waals surface area (Å²) in [6.07, 6.45) is 0. The molecule has 0 aliphatic rings. The third kappa shape index (κ3) is 5.46. The highest BCUT2D eigenvalue weighted by atomic mass is 32.1. The lowest BCUT2D eigenvalue weighted by Crippen LogP contribution is -2.40. The summed E-state index contributed by atoms with van der Waals surface area (Å²) < 4.78 is 5.16. The predicted octanol–water partition coefficient (Wildman–Crippen LogP) is 3.66. The van der Waals surface area contributed by atoms with Gasteiger partial charge >= 0.3 is 0 Å². The minimum atomic E-state index is -0.135. The molecule has 0 saturated carbocycles. The summed E-state index contributed by atoms with van der Waals surface area (Å²) in [4.78, 5) is 14.1. The molecule has 0 radical (unpaired) electrons. The Morgan fingerprint density at radius 2 is 1.92 bits per heavy atom. The number of carbonyl (C=O) groups excluding carboxylic acids is 1. The summed E-state index contributed by atoms with van der Waals surface area (Å²) in [7, 11) is 1.59. The zero-order valence-corrected chi connectivity index (χ0v) is 15.5. The lowest BCUT2D eigenvalue weighted by molar-refractivity contribution is -0.116. The number of nitrogens with zero attached hydrogens (tertiary/aromatic N) is 1. The Bertz CT molecular complexity index is 749. The summed E-state index contributed by atoms with van der Waals surface area (Å²) >= 11 is 5.45. The molecule has 2 N–H and O–H groups in total. The van der Waals surface area contributed by atoms with Crippen LogP contribution in [-0.2, 0) is 4.79 Å². The molecule has 0 unspecified atom stereocenters. The van der Waals surface area contributed by atoms with Gasteiger partial charge in [-0.05, 0) is 49.8 Å². The molecule has 2 aromatic carbocycles. The van der Waals surface area contributed by atoms with Crippen molar-refractivity contribution in [2.75, 3.05) is 30.8 Å². The summed E-state index contributed by atoms with van der Waals surface area (Å²) in [6, 6.07) is 15.2. The van der Waals surface area contributed by atoms with Gasteiger partial charge in [0.05, 0.1) is 13.7 Å². The van der Waals surface area contributed by atoms with E-state index in [1.165, 1.54) is 0 Å². The Morgan fingerprint density at radius 3 is 2.60 bits per heavy atom. The Balaban J connectivity index is 1.97. The fraction of sp³-hybridized carbons (Fsp3) is 0.263. The summed E-state index contributed by atoms with van der Waals surface area (Å²) in [5.41, 5.74) is 2.74. The van der Waals surface area contributed by atoms with Crippen LogP contribution < -0.4 is 15.4 Å². The lowest BCUT2D eigenvalue weighted by Gasteiger charge is -2.24. The zero-order chi connectivity index (χ0) is 18.2. The second kappa shape index (κ2) is 9.03. The maximum Gasteiger partial charge on any atom is 0.243 e. The number of carbonyl (C=O) groups is 1. The van der Waals surface area contributed by atoms with Gasteiger partial charge in [-0.1, -0.05) is 24.3 Å². The lowest BCUT2D eigenvalue weighted by atomic mass is 10.2. The van der Waals surface area contributed by atoms with Crippen molar-refractivity contribution >= 4 is 34.6 Å². The van der Waals surface area contributed by atoms with Crippen molar-refractivity contribution in [3.8, 4) is 5.75 Å². The number of nitrogens with one attached hydrogen (secondary N) is 2. The van der Waals surface area contributed by atoms with Crippen molar-refractivity contribution in [1.82, 2.24) is 4.90 Å². The molecule has 0 saturated heterocycles. The standard InChI is InChI=1S/C19H23N3O2S/c1-4-22(19(25)21-17-11-6-5-8-14(17)2)13-18(23)20-15-9-7-10-16(12-15)24-3/h5-12H,4,13H2,1-3H3,(H,20,23)(H,21,25). The molecule has 0 aliphatic heterocycles. The van der Waals surface area contributed by atoms with E-state index < -0.39 is 0 Å². The average Bonchev–Trinajstić information content (AvgIpc) is 2.61. The van der Waals surface area contributed by atoms with Crippen LogP contribution in [0.1, 0.15) is 12.5 Å². The van der Waals surface area contributed by atoms with E-state index in [1.807, 2.05) is 61.2 Å². The molecule has 1 amide bonds. The Labute approximate surface area is 154 Å². The van der Waals surface area contributed by atoms with Gasteiger partial charge in [0.2, 0.25) is 5.91 Å². The number of para-hydroxylation sites is 1. The first-order chi connectivity index (χ1) is 12.0. The highest BCUT2D eigenvalue weighted by Gasteiger charge is 2.13. The quantitative estimate of drug-likeness (QED) is 0.773. The summed E-state index contributed by atoms with van der Waals surface area (Å²) in [6.45, 7) is 4.77. The van der Waals surface area contributed by atoms with Crippen molar-refractivity contribution in [1.29, 1.82) is 0 Å². The number of hydrogen-bond acceptors (Lipinski definition) is 3. The number of anilines is 2. The van der Waals surface area contributed by atoms with Crippen LogP contribution in [0.25, 0.3) is 0 Å². The first kappa shape index (κ1) is 18.7. The molecule has 132 valence electrons. The zero-order valence-electron chi connectivity index (χ0n) is 14.7. The highest BCUT2D eigenvalue weighted by molar-refractivity contribution is 7.80. The Morgan fingerprint density at radius 1 is 1.16 bits per heavy atom. The molecule has 5 nitrogen and oxygen atoms in total. The van der Waals surface area contributed by atoms with E-state index in [1.54, 1.807) is 13.2 Å². The van der Waals surface area contributed by atoms with E-state index in [9.17, 15) is 4.79 Å². The first-order valence-corrected chi connectivity index (χ1v) is 8.49. The van der Waals surface area contributed by atoms with Crippen molar-refractivity contribution in [2.24, 2.45) is 0 Å². The van der Waals surface area contributed by atoms with Gasteiger partial charge < -0.3 is 20.3 Å². The van der Waals surface area contributed by atoms with E-state index in [2.05, 4.69) is 10.6 Å². The SMILES string of the molecule is CCN(CC(=O)Nc1cccc(OC)c1)C(=S)Nc1ccccc1C. The molecule has 0 spiro atoms. The molecule has 25 heavy (non-hydrogen) atoms. The Hall–Kier alpha value is -2.60. The number of ether oxygens (including phenoxy) is 1. The molecule has 0 heterocycles. The highest BCUT2D eigenvalue weighted by Crippen LogP contribution is 2.17. The van der Waals surface area contributed by atoms with E-state index in [4.69, 9.17) is 17.0 Å². The number of amides is 1. The normalized spacial score (nSPS) is 10.0. The maximum atomic E-state index is 12.3. The van der Waals surface area contributed by atoms with Gasteiger partial charge in [0.15, 0.2) is 5.11 Å². The number of likely N-dealkylation sites (N-methyl/N-ethyl adjacent to an activating group) is 1. The smallest absolute Gasteiger partial charge is 0.243 e. The van der Waals surface area contributed by atoms with Gasteiger partial charge in [0.25, 0.3) is 0 Å². The summed E-state index contributed by atoms with van der Waals surface area (Å²) in [5, 5.41) is 6.60. The molecule has 0 aliphatic carbocycles. The van der Waals surface area contributed by atoms with E-state index >= 15 is 0 Å². The van der Waals surface area contributed by atoms with Crippen LogP contribution in [0.3, 0.4) is 0 Å². The molecule has 0 bridgehead atoms. The maximum absolute atomic E-state index is 12.3. The largest absolute Gasteiger partial charge is 0.497 e. The third-order valence-corrected chi connectivity index (χ3v) is 4.10. The average molecular weight is 357 g/mol. The van der Waals surface area contributed by atoms with Gasteiger partial charge in [0, 0.05) is 24.0 Å². The minimum Gasteiger partial charge on any atom is -0.497 e. The molecular formula is C19H23N3O2S. The topological polar surface area (TPSA) is 53.6 Å². The van der Waals surface area contributed by atoms with E-state index in [0.29, 0.717) is 23.1 Å². The fourth-order valence-corrected chi connectivity index (χ4v) is 2.61. The number of thiocarbonyl (C=S) groups is 1. The van der Waals surface area contributed by atoms with Crippen LogP contribution >= 0.6 is 12.2 Å². The van der Waals surface area contributed by atoms with Crippen molar-refractivity contribution in [2.45, 2.75) is 13.8 Å². The van der Waals surface area contributed by atoms with Crippen molar-refractivity contribution < 1.29 is 9.53 Å². The molecule has 6 heteroatoms. The second-order valence-electron chi connectivity index (χ2n) is 5.54. The molecule has 0 aromatic heterocycles. The van der Waals surface area contributed by atoms with Gasteiger partial charge in [-0.15, -0.1) is 0 Å². The number of rotatable bonds is 6. The third-order valence-electron chi connectivity index (χ3n) is 3.74. The number of benzene rings is 2. The molecule has 2 rings (SSSR count). The second-order valence-corrected chi connectivity index (χ2v) is 5.93. The van der Waals surface area contributed by atoms with Gasteiger partial charge in [0.1, 0.15) is 5.75 Å². The van der Waals surface area contributed by atoms with Gasteiger partial charge in [-0.2, -0.15) is 0 Å². The molecular weight excluding hydrogens is 334 g/mol. The van der Waals surface area contributed by atoms with Crippen LogP contribution in [0.2, 0.25) is 0 Å². The fourth-order valence-electron chi connectivity index (χ4n) is 2.31. The van der Waals surface area contributed by atoms with Gasteiger partial charge in [-0.25, -0.2) is 0 Å². The van der Waals surface area contributed by atoms with Crippen molar-refractivity contribution in [3.05, 3.63) is 54.1 Å². The number of methoxy groups -OCH3 is 1.